The summed E-state index contributed by atoms with van der Waals surface area (Å²) < 4.78 is 5.19. The molecule has 5 heteroatoms. The summed E-state index contributed by atoms with van der Waals surface area (Å²) in [6.45, 7) is 8.77. The topological polar surface area (TPSA) is 66.6 Å². The van der Waals surface area contributed by atoms with Crippen molar-refractivity contribution >= 4 is 5.91 Å². The number of piperidine rings is 1. The van der Waals surface area contributed by atoms with Crippen LogP contribution in [0.15, 0.2) is 4.52 Å². The zero-order valence-electron chi connectivity index (χ0n) is 13.4. The third-order valence-corrected chi connectivity index (χ3v) is 4.62. The SMILES string of the molecule is Cc1noc(C)c1C(C)CC(=O)N1CC(CO)CCC1C. The lowest BCUT2D eigenvalue weighted by molar-refractivity contribution is -0.136. The van der Waals surface area contributed by atoms with E-state index in [1.54, 1.807) is 0 Å². The Morgan fingerprint density at radius 3 is 2.76 bits per heavy atom. The van der Waals surface area contributed by atoms with Gasteiger partial charge in [0.25, 0.3) is 0 Å². The van der Waals surface area contributed by atoms with Crippen LogP contribution in [0.2, 0.25) is 0 Å². The standard InChI is InChI=1S/C16H26N2O3/c1-10(16-12(3)17-21-13(16)4)7-15(20)18-8-14(9-19)6-5-11(18)2/h10-11,14,19H,5-9H2,1-4H3. The number of likely N-dealkylation sites (tertiary alicyclic amines) is 1. The maximum absolute atomic E-state index is 12.6. The Morgan fingerprint density at radius 2 is 2.19 bits per heavy atom. The predicted octanol–water partition coefficient (Wildman–Crippen LogP) is 2.40. The summed E-state index contributed by atoms with van der Waals surface area (Å²) in [6, 6.07) is 0.261. The third-order valence-electron chi connectivity index (χ3n) is 4.62. The van der Waals surface area contributed by atoms with Gasteiger partial charge in [-0.1, -0.05) is 12.1 Å². The van der Waals surface area contributed by atoms with E-state index >= 15 is 0 Å². The zero-order chi connectivity index (χ0) is 15.6. The molecule has 0 radical (unpaired) electrons. The van der Waals surface area contributed by atoms with Gasteiger partial charge in [-0.05, 0) is 45.4 Å². The molecule has 0 saturated carbocycles. The molecule has 1 amide bonds. The van der Waals surface area contributed by atoms with Crippen LogP contribution >= 0.6 is 0 Å². The molecule has 3 atom stereocenters. The van der Waals surface area contributed by atoms with Crippen LogP contribution in [0.4, 0.5) is 0 Å². The lowest BCUT2D eigenvalue weighted by Crippen LogP contribution is -2.46. The fourth-order valence-corrected chi connectivity index (χ4v) is 3.35. The maximum Gasteiger partial charge on any atom is 0.223 e. The molecule has 21 heavy (non-hydrogen) atoms. The molecule has 3 unspecified atom stereocenters. The van der Waals surface area contributed by atoms with Crippen molar-refractivity contribution in [1.82, 2.24) is 10.1 Å². The summed E-state index contributed by atoms with van der Waals surface area (Å²) in [5.41, 5.74) is 1.92. The van der Waals surface area contributed by atoms with Crippen LogP contribution in [0.1, 0.15) is 56.0 Å². The second-order valence-corrected chi connectivity index (χ2v) is 6.36. The molecule has 1 aliphatic heterocycles. The summed E-state index contributed by atoms with van der Waals surface area (Å²) >= 11 is 0. The van der Waals surface area contributed by atoms with Gasteiger partial charge in [0.1, 0.15) is 5.76 Å². The van der Waals surface area contributed by atoms with E-state index in [0.717, 1.165) is 29.9 Å². The number of amides is 1. The number of nitrogens with zero attached hydrogens (tertiary/aromatic N) is 2. The number of carbonyl (C=O) groups excluding carboxylic acids is 1. The summed E-state index contributed by atoms with van der Waals surface area (Å²) in [6.07, 6.45) is 2.43. The van der Waals surface area contributed by atoms with Crippen LogP contribution < -0.4 is 0 Å². The Hall–Kier alpha value is -1.36. The minimum Gasteiger partial charge on any atom is -0.396 e. The summed E-state index contributed by atoms with van der Waals surface area (Å²) in [4.78, 5) is 14.5. The number of aryl methyl sites for hydroxylation is 2. The highest BCUT2D eigenvalue weighted by Crippen LogP contribution is 2.28. The van der Waals surface area contributed by atoms with E-state index in [-0.39, 0.29) is 30.4 Å². The number of hydrogen-bond acceptors (Lipinski definition) is 4. The molecule has 1 aromatic rings. The van der Waals surface area contributed by atoms with Crippen molar-refractivity contribution < 1.29 is 14.4 Å². The van der Waals surface area contributed by atoms with Gasteiger partial charge in [0.2, 0.25) is 5.91 Å². The monoisotopic (exact) mass is 294 g/mol. The van der Waals surface area contributed by atoms with E-state index < -0.39 is 0 Å². The van der Waals surface area contributed by atoms with Gasteiger partial charge >= 0.3 is 0 Å². The van der Waals surface area contributed by atoms with Gasteiger partial charge in [0.05, 0.1) is 5.69 Å². The van der Waals surface area contributed by atoms with Crippen molar-refractivity contribution in [3.8, 4) is 0 Å². The van der Waals surface area contributed by atoms with Crippen molar-refractivity contribution in [2.75, 3.05) is 13.2 Å². The molecule has 0 spiro atoms. The van der Waals surface area contributed by atoms with Crippen molar-refractivity contribution in [2.45, 2.75) is 58.9 Å². The van der Waals surface area contributed by atoms with Crippen molar-refractivity contribution in [1.29, 1.82) is 0 Å². The molecule has 1 aromatic heterocycles. The van der Waals surface area contributed by atoms with Gasteiger partial charge in [0.15, 0.2) is 0 Å². The highest BCUT2D eigenvalue weighted by atomic mass is 16.5. The Balaban J connectivity index is 2.03. The van der Waals surface area contributed by atoms with Crippen LogP contribution in [0, 0.1) is 19.8 Å². The first-order valence-corrected chi connectivity index (χ1v) is 7.77. The lowest BCUT2D eigenvalue weighted by Gasteiger charge is -2.38. The molecule has 118 valence electrons. The van der Waals surface area contributed by atoms with Crippen LogP contribution in [0.3, 0.4) is 0 Å². The molecule has 0 bridgehead atoms. The van der Waals surface area contributed by atoms with Crippen LogP contribution in [0.5, 0.6) is 0 Å². The van der Waals surface area contributed by atoms with Gasteiger partial charge in [-0.25, -0.2) is 0 Å². The third kappa shape index (κ3) is 3.46. The molecule has 2 heterocycles. The quantitative estimate of drug-likeness (QED) is 0.926. The largest absolute Gasteiger partial charge is 0.396 e. The summed E-state index contributed by atoms with van der Waals surface area (Å²) in [5.74, 6) is 1.28. The highest BCUT2D eigenvalue weighted by Gasteiger charge is 2.30. The normalized spacial score (nSPS) is 24.1. The molecule has 2 rings (SSSR count). The molecular weight excluding hydrogens is 268 g/mol. The van der Waals surface area contributed by atoms with E-state index in [1.165, 1.54) is 0 Å². The summed E-state index contributed by atoms with van der Waals surface area (Å²) in [7, 11) is 0. The van der Waals surface area contributed by atoms with Crippen LogP contribution in [0.25, 0.3) is 0 Å². The molecule has 1 aliphatic rings. The van der Waals surface area contributed by atoms with E-state index in [4.69, 9.17) is 4.52 Å². The van der Waals surface area contributed by atoms with Crippen LogP contribution in [-0.2, 0) is 4.79 Å². The van der Waals surface area contributed by atoms with E-state index in [0.29, 0.717) is 13.0 Å². The minimum absolute atomic E-state index is 0.102. The fourth-order valence-electron chi connectivity index (χ4n) is 3.35. The lowest BCUT2D eigenvalue weighted by atomic mass is 9.91. The van der Waals surface area contributed by atoms with Crippen LogP contribution in [-0.4, -0.2) is 40.3 Å². The van der Waals surface area contributed by atoms with Gasteiger partial charge in [-0.2, -0.15) is 0 Å². The van der Waals surface area contributed by atoms with Gasteiger partial charge in [-0.15, -0.1) is 0 Å². The number of carbonyl (C=O) groups is 1. The second kappa shape index (κ2) is 6.60. The molecule has 1 N–H and O–H groups in total. The molecule has 1 saturated heterocycles. The number of aliphatic hydroxyl groups excluding tert-OH is 1. The van der Waals surface area contributed by atoms with Gasteiger partial charge in [-0.3, -0.25) is 4.79 Å². The Labute approximate surface area is 126 Å². The first kappa shape index (κ1) is 16.0. The second-order valence-electron chi connectivity index (χ2n) is 6.36. The molecular formula is C16H26N2O3. The fraction of sp³-hybridized carbons (Fsp3) is 0.750. The molecule has 0 aromatic carbocycles. The summed E-state index contributed by atoms with van der Waals surface area (Å²) in [5, 5.41) is 13.3. The van der Waals surface area contributed by atoms with Crippen molar-refractivity contribution in [3.63, 3.8) is 0 Å². The average molecular weight is 294 g/mol. The molecule has 5 nitrogen and oxygen atoms in total. The van der Waals surface area contributed by atoms with Crippen molar-refractivity contribution in [3.05, 3.63) is 17.0 Å². The first-order valence-electron chi connectivity index (χ1n) is 7.77. The number of aliphatic hydroxyl groups is 1. The highest BCUT2D eigenvalue weighted by molar-refractivity contribution is 5.77. The predicted molar refractivity (Wildman–Crippen MR) is 80.0 cm³/mol. The Bertz CT molecular complexity index is 478. The Kier molecular flexibility index (Phi) is 5.04. The minimum atomic E-state index is 0.102. The average Bonchev–Trinajstić information content (AvgIpc) is 2.78. The zero-order valence-corrected chi connectivity index (χ0v) is 13.4. The number of aromatic nitrogens is 1. The molecule has 1 fully saturated rings. The Morgan fingerprint density at radius 1 is 1.48 bits per heavy atom. The van der Waals surface area contributed by atoms with Gasteiger partial charge in [0, 0.05) is 31.2 Å². The number of hydrogen-bond donors (Lipinski definition) is 1. The van der Waals surface area contributed by atoms with E-state index in [1.807, 2.05) is 25.7 Å². The van der Waals surface area contributed by atoms with Gasteiger partial charge < -0.3 is 14.5 Å². The van der Waals surface area contributed by atoms with Crippen molar-refractivity contribution in [2.24, 2.45) is 5.92 Å². The van der Waals surface area contributed by atoms with E-state index in [2.05, 4.69) is 12.1 Å². The number of rotatable bonds is 4. The maximum atomic E-state index is 12.6. The first-order chi connectivity index (χ1) is 9.93. The molecule has 0 aliphatic carbocycles. The van der Waals surface area contributed by atoms with E-state index in [9.17, 15) is 9.90 Å². The smallest absolute Gasteiger partial charge is 0.223 e.